The molecule has 0 spiro atoms. The molecular formula is C17H22F3N3O2. The third kappa shape index (κ3) is 4.87. The van der Waals surface area contributed by atoms with Crippen molar-refractivity contribution >= 4 is 17.6 Å². The van der Waals surface area contributed by atoms with Gasteiger partial charge in [-0.1, -0.05) is 6.92 Å². The number of hydrogen-bond donors (Lipinski definition) is 1. The van der Waals surface area contributed by atoms with Crippen LogP contribution in [-0.2, 0) is 11.0 Å². The third-order valence-corrected chi connectivity index (χ3v) is 4.46. The first-order chi connectivity index (χ1) is 11.7. The summed E-state index contributed by atoms with van der Waals surface area (Å²) in [5, 5.41) is 2.61. The summed E-state index contributed by atoms with van der Waals surface area (Å²) in [6.45, 7) is 2.81. The highest BCUT2D eigenvalue weighted by atomic mass is 19.4. The summed E-state index contributed by atoms with van der Waals surface area (Å²) >= 11 is 0. The van der Waals surface area contributed by atoms with Crippen LogP contribution in [0.3, 0.4) is 0 Å². The second-order valence-electron chi connectivity index (χ2n) is 6.08. The number of carbonyl (C=O) groups is 2. The van der Waals surface area contributed by atoms with Gasteiger partial charge >= 0.3 is 12.2 Å². The van der Waals surface area contributed by atoms with Crippen LogP contribution in [0.25, 0.3) is 0 Å². The fraction of sp³-hybridized carbons (Fsp3) is 0.529. The van der Waals surface area contributed by atoms with Crippen LogP contribution in [0, 0.1) is 0 Å². The van der Waals surface area contributed by atoms with Crippen LogP contribution in [0.5, 0.6) is 0 Å². The van der Waals surface area contributed by atoms with E-state index in [1.165, 1.54) is 12.1 Å². The van der Waals surface area contributed by atoms with Crippen molar-refractivity contribution in [3.05, 3.63) is 29.8 Å². The van der Waals surface area contributed by atoms with Crippen LogP contribution in [0.15, 0.2) is 24.3 Å². The monoisotopic (exact) mass is 357 g/mol. The molecule has 138 valence electrons. The summed E-state index contributed by atoms with van der Waals surface area (Å²) in [7, 11) is 1.77. The van der Waals surface area contributed by atoms with E-state index in [1.807, 2.05) is 6.92 Å². The van der Waals surface area contributed by atoms with Gasteiger partial charge in [-0.05, 0) is 37.1 Å². The molecule has 0 saturated carbocycles. The standard InChI is InChI=1S/C17H22F3N3O2/c1-3-15(24)22(2)14-8-10-23(11-9-14)16(25)21-13-6-4-12(5-7-13)17(18,19)20/h4-7,14H,3,8-11H2,1-2H3,(H,21,25). The molecule has 0 aromatic heterocycles. The number of hydrogen-bond acceptors (Lipinski definition) is 2. The molecule has 0 unspecified atom stereocenters. The van der Waals surface area contributed by atoms with Crippen molar-refractivity contribution in [1.29, 1.82) is 0 Å². The van der Waals surface area contributed by atoms with E-state index in [4.69, 9.17) is 0 Å². The van der Waals surface area contributed by atoms with Crippen LogP contribution in [0.1, 0.15) is 31.7 Å². The van der Waals surface area contributed by atoms with Gasteiger partial charge in [0.2, 0.25) is 5.91 Å². The van der Waals surface area contributed by atoms with E-state index in [0.717, 1.165) is 12.1 Å². The summed E-state index contributed by atoms with van der Waals surface area (Å²) < 4.78 is 37.6. The SMILES string of the molecule is CCC(=O)N(C)C1CCN(C(=O)Nc2ccc(C(F)(F)F)cc2)CC1. The second-order valence-corrected chi connectivity index (χ2v) is 6.08. The number of alkyl halides is 3. The molecule has 5 nitrogen and oxygen atoms in total. The molecule has 1 aromatic rings. The Hall–Kier alpha value is -2.25. The Labute approximate surface area is 144 Å². The van der Waals surface area contributed by atoms with Gasteiger partial charge in [-0.25, -0.2) is 4.79 Å². The first kappa shape index (κ1) is 19.1. The number of carbonyl (C=O) groups excluding carboxylic acids is 2. The zero-order chi connectivity index (χ0) is 18.6. The Balaban J connectivity index is 1.87. The van der Waals surface area contributed by atoms with E-state index in [2.05, 4.69) is 5.32 Å². The summed E-state index contributed by atoms with van der Waals surface area (Å²) in [5.41, 5.74) is -0.437. The second kappa shape index (κ2) is 7.76. The van der Waals surface area contributed by atoms with Gasteiger partial charge in [-0.15, -0.1) is 0 Å². The molecule has 3 amide bonds. The number of amides is 3. The Kier molecular flexibility index (Phi) is 5.92. The van der Waals surface area contributed by atoms with Gasteiger partial charge in [0.1, 0.15) is 0 Å². The van der Waals surface area contributed by atoms with E-state index in [0.29, 0.717) is 38.0 Å². The number of halogens is 3. The lowest BCUT2D eigenvalue weighted by atomic mass is 10.0. The molecule has 1 aliphatic rings. The number of rotatable bonds is 3. The van der Waals surface area contributed by atoms with Crippen molar-refractivity contribution in [2.45, 2.75) is 38.4 Å². The van der Waals surface area contributed by atoms with Gasteiger partial charge in [0, 0.05) is 38.3 Å². The lowest BCUT2D eigenvalue weighted by molar-refractivity contribution is -0.137. The molecule has 1 saturated heterocycles. The quantitative estimate of drug-likeness (QED) is 0.899. The Morgan fingerprint density at radius 1 is 1.20 bits per heavy atom. The maximum atomic E-state index is 12.5. The van der Waals surface area contributed by atoms with Crippen LogP contribution in [0.2, 0.25) is 0 Å². The smallest absolute Gasteiger partial charge is 0.343 e. The molecule has 2 rings (SSSR count). The topological polar surface area (TPSA) is 52.7 Å². The van der Waals surface area contributed by atoms with Gasteiger partial charge < -0.3 is 15.1 Å². The van der Waals surface area contributed by atoms with Crippen LogP contribution < -0.4 is 5.32 Å². The van der Waals surface area contributed by atoms with Crippen molar-refractivity contribution < 1.29 is 22.8 Å². The molecule has 1 aliphatic heterocycles. The molecule has 0 aliphatic carbocycles. The molecular weight excluding hydrogens is 335 g/mol. The predicted molar refractivity (Wildman–Crippen MR) is 88.1 cm³/mol. The van der Waals surface area contributed by atoms with Gasteiger partial charge in [0.25, 0.3) is 0 Å². The average molecular weight is 357 g/mol. The van der Waals surface area contributed by atoms with E-state index in [1.54, 1.807) is 16.8 Å². The molecule has 0 atom stereocenters. The summed E-state index contributed by atoms with van der Waals surface area (Å²) in [6, 6.07) is 4.12. The number of benzene rings is 1. The number of piperidine rings is 1. The number of nitrogens with zero attached hydrogens (tertiary/aromatic N) is 2. The van der Waals surface area contributed by atoms with Crippen molar-refractivity contribution in [2.24, 2.45) is 0 Å². The zero-order valence-electron chi connectivity index (χ0n) is 14.3. The summed E-state index contributed by atoms with van der Waals surface area (Å²) in [6.07, 6.45) is -2.58. The largest absolute Gasteiger partial charge is 0.416 e. The molecule has 1 heterocycles. The molecule has 1 aromatic carbocycles. The van der Waals surface area contributed by atoms with E-state index in [-0.39, 0.29) is 18.0 Å². The van der Waals surface area contributed by atoms with Gasteiger partial charge in [0.05, 0.1) is 5.56 Å². The van der Waals surface area contributed by atoms with Gasteiger partial charge in [0.15, 0.2) is 0 Å². The number of likely N-dealkylation sites (tertiary alicyclic amines) is 1. The lowest BCUT2D eigenvalue weighted by Gasteiger charge is -2.36. The van der Waals surface area contributed by atoms with Gasteiger partial charge in [-0.3, -0.25) is 4.79 Å². The zero-order valence-corrected chi connectivity index (χ0v) is 14.3. The minimum Gasteiger partial charge on any atom is -0.343 e. The Morgan fingerprint density at radius 3 is 2.24 bits per heavy atom. The predicted octanol–water partition coefficient (Wildman–Crippen LogP) is 3.57. The number of urea groups is 1. The third-order valence-electron chi connectivity index (χ3n) is 4.46. The molecule has 0 radical (unpaired) electrons. The number of nitrogens with one attached hydrogen (secondary N) is 1. The van der Waals surface area contributed by atoms with Crippen molar-refractivity contribution in [2.75, 3.05) is 25.5 Å². The van der Waals surface area contributed by atoms with E-state index in [9.17, 15) is 22.8 Å². The van der Waals surface area contributed by atoms with E-state index < -0.39 is 11.7 Å². The summed E-state index contributed by atoms with van der Waals surface area (Å²) in [4.78, 5) is 27.3. The highest BCUT2D eigenvalue weighted by molar-refractivity contribution is 5.89. The van der Waals surface area contributed by atoms with E-state index >= 15 is 0 Å². The molecule has 1 fully saturated rings. The highest BCUT2D eigenvalue weighted by Crippen LogP contribution is 2.29. The molecule has 1 N–H and O–H groups in total. The average Bonchev–Trinajstić information content (AvgIpc) is 2.60. The van der Waals surface area contributed by atoms with Crippen molar-refractivity contribution in [1.82, 2.24) is 9.80 Å². The Bertz CT molecular complexity index is 609. The molecule has 8 heteroatoms. The molecule has 0 bridgehead atoms. The van der Waals surface area contributed by atoms with Crippen LogP contribution in [0.4, 0.5) is 23.7 Å². The van der Waals surface area contributed by atoms with Gasteiger partial charge in [-0.2, -0.15) is 13.2 Å². The van der Waals surface area contributed by atoms with Crippen LogP contribution in [-0.4, -0.2) is 47.9 Å². The first-order valence-electron chi connectivity index (χ1n) is 8.21. The highest BCUT2D eigenvalue weighted by Gasteiger charge is 2.30. The Morgan fingerprint density at radius 2 is 1.76 bits per heavy atom. The maximum Gasteiger partial charge on any atom is 0.416 e. The number of anilines is 1. The summed E-state index contributed by atoms with van der Waals surface area (Å²) in [5.74, 6) is 0.0765. The lowest BCUT2D eigenvalue weighted by Crippen LogP contribution is -2.48. The fourth-order valence-corrected chi connectivity index (χ4v) is 2.85. The van der Waals surface area contributed by atoms with Crippen LogP contribution >= 0.6 is 0 Å². The normalized spacial score (nSPS) is 15.8. The maximum absolute atomic E-state index is 12.5. The molecule has 25 heavy (non-hydrogen) atoms. The minimum absolute atomic E-state index is 0.0765. The van der Waals surface area contributed by atoms with Crippen molar-refractivity contribution in [3.63, 3.8) is 0 Å². The van der Waals surface area contributed by atoms with Crippen molar-refractivity contribution in [3.8, 4) is 0 Å². The first-order valence-corrected chi connectivity index (χ1v) is 8.21. The minimum atomic E-state index is -4.40. The fourth-order valence-electron chi connectivity index (χ4n) is 2.85.